The lowest BCUT2D eigenvalue weighted by molar-refractivity contribution is -0.142. The third-order valence-corrected chi connectivity index (χ3v) is 4.72. The van der Waals surface area contributed by atoms with E-state index in [1.165, 1.54) is 19.2 Å². The molecule has 152 valence electrons. The summed E-state index contributed by atoms with van der Waals surface area (Å²) in [5.74, 6) is -0.306. The van der Waals surface area contributed by atoms with Crippen molar-refractivity contribution < 1.29 is 23.4 Å². The topological polar surface area (TPSA) is 77.6 Å². The quantitative estimate of drug-likeness (QED) is 0.617. The molecule has 0 aliphatic rings. The molecule has 0 unspecified atom stereocenters. The van der Waals surface area contributed by atoms with Gasteiger partial charge >= 0.3 is 5.97 Å². The van der Waals surface area contributed by atoms with E-state index >= 15 is 0 Å². The summed E-state index contributed by atoms with van der Waals surface area (Å²) in [4.78, 5) is 27.8. The molecule has 7 heteroatoms. The summed E-state index contributed by atoms with van der Waals surface area (Å²) >= 11 is 0. The number of ether oxygens (including phenoxy) is 3. The first-order chi connectivity index (χ1) is 14.0. The molecule has 0 radical (unpaired) electrons. The highest BCUT2D eigenvalue weighted by Gasteiger charge is 2.18. The van der Waals surface area contributed by atoms with E-state index in [0.717, 1.165) is 11.3 Å². The molecule has 6 nitrogen and oxygen atoms in total. The minimum Gasteiger partial charge on any atom is -0.497 e. The Balaban J connectivity index is 2.12. The number of aryl methyl sites for hydroxylation is 1. The fraction of sp³-hybridized carbons (Fsp3) is 0.273. The van der Waals surface area contributed by atoms with Crippen molar-refractivity contribution in [2.75, 3.05) is 20.8 Å². The van der Waals surface area contributed by atoms with Gasteiger partial charge in [0.25, 0.3) is 0 Å². The number of methoxy groups -OCH3 is 2. The first kappa shape index (κ1) is 20.4. The maximum absolute atomic E-state index is 14.4. The Bertz CT molecular complexity index is 1090. The van der Waals surface area contributed by atoms with Gasteiger partial charge in [-0.25, -0.2) is 9.18 Å². The summed E-state index contributed by atoms with van der Waals surface area (Å²) in [7, 11) is 2.82. The Morgan fingerprint density at radius 3 is 2.45 bits per heavy atom. The van der Waals surface area contributed by atoms with Crippen molar-refractivity contribution in [3.8, 4) is 11.5 Å². The number of fused-ring (bicyclic) bond motifs is 1. The summed E-state index contributed by atoms with van der Waals surface area (Å²) in [6, 6.07) is 9.94. The highest BCUT2D eigenvalue weighted by atomic mass is 19.1. The third-order valence-electron chi connectivity index (χ3n) is 4.72. The lowest BCUT2D eigenvalue weighted by Crippen LogP contribution is -2.18. The zero-order valence-corrected chi connectivity index (χ0v) is 16.5. The van der Waals surface area contributed by atoms with E-state index in [9.17, 15) is 14.0 Å². The van der Waals surface area contributed by atoms with Crippen LogP contribution in [0.4, 0.5) is 4.39 Å². The number of carbonyl (C=O) groups is 1. The molecule has 3 aromatic rings. The predicted molar refractivity (Wildman–Crippen MR) is 107 cm³/mol. The second-order valence-corrected chi connectivity index (χ2v) is 6.45. The Labute approximate surface area is 167 Å². The van der Waals surface area contributed by atoms with Crippen LogP contribution >= 0.6 is 0 Å². The summed E-state index contributed by atoms with van der Waals surface area (Å²) in [6.07, 6.45) is 0.898. The minimum absolute atomic E-state index is 0.0627. The van der Waals surface area contributed by atoms with Crippen LogP contribution < -0.4 is 14.9 Å². The number of aromatic amines is 1. The van der Waals surface area contributed by atoms with Gasteiger partial charge in [0.05, 0.1) is 25.1 Å². The van der Waals surface area contributed by atoms with E-state index in [0.29, 0.717) is 24.1 Å². The minimum atomic E-state index is -0.595. The highest BCUT2D eigenvalue weighted by molar-refractivity contribution is 5.87. The number of H-pyrrole nitrogens is 1. The molecule has 2 aromatic carbocycles. The smallest absolute Gasteiger partial charge is 0.343 e. The number of hydrogen-bond donors (Lipinski definition) is 1. The van der Waals surface area contributed by atoms with Crippen molar-refractivity contribution in [1.29, 1.82) is 0 Å². The number of carbonyl (C=O) groups excluding carboxylic acids is 1. The van der Waals surface area contributed by atoms with Gasteiger partial charge in [-0.3, -0.25) is 4.79 Å². The maximum Gasteiger partial charge on any atom is 0.343 e. The molecule has 1 N–H and O–H groups in total. The molecule has 0 atom stereocenters. The Kier molecular flexibility index (Phi) is 6.16. The third kappa shape index (κ3) is 4.23. The van der Waals surface area contributed by atoms with Crippen LogP contribution in [0.3, 0.4) is 0 Å². The summed E-state index contributed by atoms with van der Waals surface area (Å²) in [5.41, 5.74) is 1.83. The predicted octanol–water partition coefficient (Wildman–Crippen LogP) is 3.38. The average Bonchev–Trinajstić information content (AvgIpc) is 2.75. The second kappa shape index (κ2) is 8.77. The van der Waals surface area contributed by atoms with Gasteiger partial charge < -0.3 is 19.2 Å². The van der Waals surface area contributed by atoms with E-state index < -0.39 is 11.8 Å². The van der Waals surface area contributed by atoms with E-state index in [1.54, 1.807) is 7.11 Å². The monoisotopic (exact) mass is 399 g/mol. The molecule has 0 aliphatic heterocycles. The van der Waals surface area contributed by atoms with Crippen molar-refractivity contribution in [2.45, 2.75) is 19.8 Å². The molecule has 1 aromatic heterocycles. The molecule has 0 saturated carbocycles. The van der Waals surface area contributed by atoms with E-state index in [2.05, 4.69) is 9.72 Å². The molecule has 1 heterocycles. The van der Waals surface area contributed by atoms with E-state index in [4.69, 9.17) is 9.47 Å². The number of esters is 1. The SMILES string of the molecule is CCc1[nH]c2c(F)ccc(OCC(=O)OC)c2c(=O)c1Cc1ccc(OC)cc1. The molecule has 0 aliphatic carbocycles. The van der Waals surface area contributed by atoms with Crippen molar-refractivity contribution in [3.63, 3.8) is 0 Å². The van der Waals surface area contributed by atoms with Crippen LogP contribution in [0.1, 0.15) is 23.7 Å². The van der Waals surface area contributed by atoms with Crippen LogP contribution in [0, 0.1) is 5.82 Å². The van der Waals surface area contributed by atoms with E-state index in [-0.39, 0.29) is 28.7 Å². The Hall–Kier alpha value is -3.35. The summed E-state index contributed by atoms with van der Waals surface area (Å²) in [6.45, 7) is 1.52. The second-order valence-electron chi connectivity index (χ2n) is 6.45. The van der Waals surface area contributed by atoms with Crippen LogP contribution in [0.15, 0.2) is 41.2 Å². The van der Waals surface area contributed by atoms with Crippen molar-refractivity contribution in [1.82, 2.24) is 4.98 Å². The first-order valence-corrected chi connectivity index (χ1v) is 9.17. The van der Waals surface area contributed by atoms with Gasteiger partial charge in [-0.1, -0.05) is 19.1 Å². The van der Waals surface area contributed by atoms with Gasteiger partial charge in [0.1, 0.15) is 17.3 Å². The van der Waals surface area contributed by atoms with Gasteiger partial charge in [0.15, 0.2) is 12.0 Å². The number of aromatic nitrogens is 1. The zero-order valence-electron chi connectivity index (χ0n) is 16.5. The molecule has 0 bridgehead atoms. The molecular formula is C22H22FNO5. The molecule has 0 saturated heterocycles. The Morgan fingerprint density at radius 2 is 1.83 bits per heavy atom. The summed E-state index contributed by atoms with van der Waals surface area (Å²) in [5, 5.41) is 0.0783. The average molecular weight is 399 g/mol. The fourth-order valence-electron chi connectivity index (χ4n) is 3.17. The van der Waals surface area contributed by atoms with Crippen molar-refractivity contribution in [2.24, 2.45) is 0 Å². The van der Waals surface area contributed by atoms with Gasteiger partial charge in [0.2, 0.25) is 0 Å². The molecule has 29 heavy (non-hydrogen) atoms. The largest absolute Gasteiger partial charge is 0.497 e. The van der Waals surface area contributed by atoms with Gasteiger partial charge in [0, 0.05) is 17.7 Å². The lowest BCUT2D eigenvalue weighted by Gasteiger charge is -2.14. The lowest BCUT2D eigenvalue weighted by atomic mass is 9.99. The maximum atomic E-state index is 14.4. The standard InChI is InChI=1S/C22H22FNO5/c1-4-17-15(11-13-5-7-14(27-2)8-6-13)22(26)20-18(29-12-19(25)28-3)10-9-16(23)21(20)24-17/h5-10H,4,11-12H2,1-3H3,(H,24,26). The number of nitrogens with one attached hydrogen (secondary N) is 1. The summed E-state index contributed by atoms with van der Waals surface area (Å²) < 4.78 is 29.6. The molecular weight excluding hydrogens is 377 g/mol. The normalized spacial score (nSPS) is 10.8. The molecule has 3 rings (SSSR count). The molecule has 0 spiro atoms. The highest BCUT2D eigenvalue weighted by Crippen LogP contribution is 2.26. The number of benzene rings is 2. The van der Waals surface area contributed by atoms with Crippen LogP contribution in [0.2, 0.25) is 0 Å². The number of pyridine rings is 1. The van der Waals surface area contributed by atoms with Crippen LogP contribution in [-0.2, 0) is 22.4 Å². The van der Waals surface area contributed by atoms with E-state index in [1.807, 2.05) is 31.2 Å². The molecule has 0 amide bonds. The fourth-order valence-corrected chi connectivity index (χ4v) is 3.17. The number of hydrogen-bond acceptors (Lipinski definition) is 5. The van der Waals surface area contributed by atoms with Crippen molar-refractivity contribution >= 4 is 16.9 Å². The van der Waals surface area contributed by atoms with Gasteiger partial charge in [-0.15, -0.1) is 0 Å². The first-order valence-electron chi connectivity index (χ1n) is 9.17. The Morgan fingerprint density at radius 1 is 1.10 bits per heavy atom. The number of rotatable bonds is 7. The van der Waals surface area contributed by atoms with Crippen LogP contribution in [0.25, 0.3) is 10.9 Å². The van der Waals surface area contributed by atoms with Crippen molar-refractivity contribution in [3.05, 3.63) is 69.3 Å². The number of halogens is 1. The van der Waals surface area contributed by atoms with Gasteiger partial charge in [-0.2, -0.15) is 0 Å². The van der Waals surface area contributed by atoms with Gasteiger partial charge in [-0.05, 0) is 36.2 Å². The zero-order chi connectivity index (χ0) is 21.0. The molecule has 0 fully saturated rings. The van der Waals surface area contributed by atoms with Crippen LogP contribution in [-0.4, -0.2) is 31.8 Å². The van der Waals surface area contributed by atoms with Crippen LogP contribution in [0.5, 0.6) is 11.5 Å².